The monoisotopic (exact) mass is 357 g/mol. The summed E-state index contributed by atoms with van der Waals surface area (Å²) in [5.74, 6) is 4.56. The van der Waals surface area contributed by atoms with Crippen molar-refractivity contribution >= 4 is 38.6 Å². The second kappa shape index (κ2) is 5.75. The summed E-state index contributed by atoms with van der Waals surface area (Å²) in [5, 5.41) is 0.672. The van der Waals surface area contributed by atoms with E-state index < -0.39 is 5.91 Å². The highest BCUT2D eigenvalue weighted by molar-refractivity contribution is 9.10. The minimum Gasteiger partial charge on any atom is -0.290 e. The van der Waals surface area contributed by atoms with Crippen molar-refractivity contribution in [2.45, 2.75) is 0 Å². The number of carbonyl (C=O) groups excluding carboxylic acids is 2. The molecule has 6 heteroatoms. The lowest BCUT2D eigenvalue weighted by Gasteiger charge is -2.05. The van der Waals surface area contributed by atoms with E-state index in [0.717, 1.165) is 0 Å². The minimum absolute atomic E-state index is 0.222. The molecule has 22 heavy (non-hydrogen) atoms. The molecule has 1 heterocycles. The molecule has 3 aromatic rings. The number of hydrazine groups is 1. The fourth-order valence-electron chi connectivity index (χ4n) is 2.37. The van der Waals surface area contributed by atoms with Crippen LogP contribution in [-0.2, 0) is 0 Å². The van der Waals surface area contributed by atoms with E-state index in [2.05, 4.69) is 21.4 Å². The van der Waals surface area contributed by atoms with Crippen molar-refractivity contribution in [1.29, 1.82) is 0 Å². The third-order valence-corrected chi connectivity index (χ3v) is 4.10. The molecule has 0 aliphatic carbocycles. The van der Waals surface area contributed by atoms with Gasteiger partial charge in [-0.25, -0.2) is 5.84 Å². The van der Waals surface area contributed by atoms with E-state index in [1.54, 1.807) is 30.3 Å². The molecule has 3 rings (SSSR count). The van der Waals surface area contributed by atoms with Crippen LogP contribution in [0, 0.1) is 0 Å². The molecule has 3 N–H and O–H groups in total. The Morgan fingerprint density at radius 1 is 1.00 bits per heavy atom. The second-order valence-electron chi connectivity index (χ2n) is 4.69. The van der Waals surface area contributed by atoms with Gasteiger partial charge >= 0.3 is 0 Å². The Balaban J connectivity index is 2.22. The first-order valence-electron chi connectivity index (χ1n) is 6.53. The van der Waals surface area contributed by atoms with E-state index in [9.17, 15) is 9.59 Å². The maximum atomic E-state index is 12.8. The molecular formula is C16H12BrN3O2. The number of para-hydroxylation sites is 1. The number of nitrogen functional groups attached to an aromatic ring is 1. The first kappa shape index (κ1) is 14.5. The molecule has 0 radical (unpaired) electrons. The van der Waals surface area contributed by atoms with E-state index in [1.807, 2.05) is 18.2 Å². The van der Waals surface area contributed by atoms with Crippen molar-refractivity contribution in [2.24, 2.45) is 5.84 Å². The number of nitrogens with one attached hydrogen (secondary N) is 1. The van der Waals surface area contributed by atoms with Crippen molar-refractivity contribution in [3.8, 4) is 0 Å². The highest BCUT2D eigenvalue weighted by Gasteiger charge is 2.19. The fraction of sp³-hybridized carbons (Fsp3) is 0. The lowest BCUT2D eigenvalue weighted by atomic mass is 10.1. The van der Waals surface area contributed by atoms with Crippen LogP contribution in [0.1, 0.15) is 20.7 Å². The van der Waals surface area contributed by atoms with E-state index in [4.69, 9.17) is 5.84 Å². The van der Waals surface area contributed by atoms with Gasteiger partial charge < -0.3 is 0 Å². The number of aromatic nitrogens is 1. The van der Waals surface area contributed by atoms with Gasteiger partial charge in [-0.05, 0) is 34.1 Å². The van der Waals surface area contributed by atoms with Gasteiger partial charge in [0.15, 0.2) is 0 Å². The predicted octanol–water partition coefficient (Wildman–Crippen LogP) is 2.70. The van der Waals surface area contributed by atoms with Gasteiger partial charge in [0.2, 0.25) is 0 Å². The largest absolute Gasteiger partial charge is 0.290 e. The van der Waals surface area contributed by atoms with Crippen LogP contribution in [0.15, 0.2) is 59.2 Å². The van der Waals surface area contributed by atoms with Gasteiger partial charge in [0.25, 0.3) is 11.8 Å². The van der Waals surface area contributed by atoms with Crippen LogP contribution in [0.4, 0.5) is 0 Å². The molecule has 110 valence electrons. The van der Waals surface area contributed by atoms with Crippen LogP contribution in [-0.4, -0.2) is 16.4 Å². The molecular weight excluding hydrogens is 346 g/mol. The molecule has 1 aromatic heterocycles. The van der Waals surface area contributed by atoms with Crippen molar-refractivity contribution in [3.05, 3.63) is 70.3 Å². The normalized spacial score (nSPS) is 10.6. The van der Waals surface area contributed by atoms with E-state index in [0.29, 0.717) is 26.5 Å². The number of halogens is 1. The molecule has 0 aliphatic rings. The number of fused-ring (bicyclic) bond motifs is 1. The average molecular weight is 358 g/mol. The Bertz CT molecular complexity index is 886. The van der Waals surface area contributed by atoms with E-state index >= 15 is 0 Å². The topological polar surface area (TPSA) is 77.1 Å². The van der Waals surface area contributed by atoms with E-state index in [1.165, 1.54) is 10.8 Å². The van der Waals surface area contributed by atoms with Crippen LogP contribution >= 0.6 is 15.9 Å². The number of hydrogen-bond donors (Lipinski definition) is 2. The molecule has 0 atom stereocenters. The molecule has 0 saturated carbocycles. The Hall–Kier alpha value is -2.44. The Morgan fingerprint density at radius 2 is 1.68 bits per heavy atom. The van der Waals surface area contributed by atoms with Gasteiger partial charge in [-0.1, -0.05) is 30.3 Å². The molecule has 0 fully saturated rings. The molecule has 2 aromatic carbocycles. The third-order valence-electron chi connectivity index (χ3n) is 3.41. The quantitative estimate of drug-likeness (QED) is 0.420. The number of amides is 1. The fourth-order valence-corrected chi connectivity index (χ4v) is 2.83. The number of nitrogens with zero attached hydrogens (tertiary/aromatic N) is 1. The highest BCUT2D eigenvalue weighted by Crippen LogP contribution is 2.24. The zero-order valence-electron chi connectivity index (χ0n) is 11.4. The zero-order valence-corrected chi connectivity index (χ0v) is 13.0. The molecule has 0 spiro atoms. The Labute approximate surface area is 134 Å². The Morgan fingerprint density at radius 3 is 2.41 bits per heavy atom. The van der Waals surface area contributed by atoms with Gasteiger partial charge in [0, 0.05) is 16.1 Å². The first-order valence-corrected chi connectivity index (χ1v) is 7.33. The summed E-state index contributed by atoms with van der Waals surface area (Å²) in [6.07, 6.45) is 1.51. The maximum absolute atomic E-state index is 12.8. The molecule has 0 bridgehead atoms. The van der Waals surface area contributed by atoms with Crippen LogP contribution in [0.2, 0.25) is 0 Å². The highest BCUT2D eigenvalue weighted by atomic mass is 79.9. The zero-order chi connectivity index (χ0) is 15.7. The minimum atomic E-state index is -0.435. The van der Waals surface area contributed by atoms with Gasteiger partial charge in [0.05, 0.1) is 16.6 Å². The van der Waals surface area contributed by atoms with Crippen LogP contribution in [0.5, 0.6) is 0 Å². The second-order valence-corrected chi connectivity index (χ2v) is 5.54. The van der Waals surface area contributed by atoms with Gasteiger partial charge in [-0.3, -0.25) is 19.6 Å². The molecule has 0 unspecified atom stereocenters. The predicted molar refractivity (Wildman–Crippen MR) is 87.5 cm³/mol. The molecule has 0 saturated heterocycles. The van der Waals surface area contributed by atoms with E-state index in [-0.39, 0.29) is 5.91 Å². The molecule has 5 nitrogen and oxygen atoms in total. The van der Waals surface area contributed by atoms with Crippen molar-refractivity contribution in [3.63, 3.8) is 0 Å². The smallest absolute Gasteiger partial charge is 0.267 e. The van der Waals surface area contributed by atoms with Crippen molar-refractivity contribution < 1.29 is 9.59 Å². The Kier molecular flexibility index (Phi) is 3.79. The van der Waals surface area contributed by atoms with Gasteiger partial charge in [-0.2, -0.15) is 0 Å². The lowest BCUT2D eigenvalue weighted by molar-refractivity contribution is 0.0955. The molecule has 0 aliphatic heterocycles. The van der Waals surface area contributed by atoms with Crippen molar-refractivity contribution in [1.82, 2.24) is 9.99 Å². The average Bonchev–Trinajstić information content (AvgIpc) is 2.94. The number of nitrogens with two attached hydrogens (primary N) is 1. The van der Waals surface area contributed by atoms with Crippen LogP contribution in [0.25, 0.3) is 10.9 Å². The maximum Gasteiger partial charge on any atom is 0.267 e. The summed E-state index contributed by atoms with van der Waals surface area (Å²) < 4.78 is 2.16. The van der Waals surface area contributed by atoms with Crippen LogP contribution < -0.4 is 11.3 Å². The standard InChI is InChI=1S/C16H12BrN3O2/c17-13-7-3-1-6-11(13)16(22)20-9-12(15(21)19-18)10-5-2-4-8-14(10)20/h1-9H,18H2,(H,19,21). The number of carbonyl (C=O) groups is 2. The summed E-state index contributed by atoms with van der Waals surface area (Å²) in [4.78, 5) is 24.7. The van der Waals surface area contributed by atoms with Crippen molar-refractivity contribution in [2.75, 3.05) is 0 Å². The summed E-state index contributed by atoms with van der Waals surface area (Å²) in [6.45, 7) is 0. The first-order chi connectivity index (χ1) is 10.6. The van der Waals surface area contributed by atoms with Gasteiger partial charge in [0.1, 0.15) is 0 Å². The summed E-state index contributed by atoms with van der Waals surface area (Å²) in [7, 11) is 0. The lowest BCUT2D eigenvalue weighted by Crippen LogP contribution is -2.29. The summed E-state index contributed by atoms with van der Waals surface area (Å²) in [6, 6.07) is 14.3. The summed E-state index contributed by atoms with van der Waals surface area (Å²) >= 11 is 3.37. The third kappa shape index (κ3) is 2.32. The molecule has 1 amide bonds. The number of hydrogen-bond acceptors (Lipinski definition) is 3. The number of benzene rings is 2. The van der Waals surface area contributed by atoms with Crippen LogP contribution in [0.3, 0.4) is 0 Å². The summed E-state index contributed by atoms with van der Waals surface area (Å²) in [5.41, 5.74) is 3.63. The SMILES string of the molecule is NNC(=O)c1cn(C(=O)c2ccccc2Br)c2ccccc12. The van der Waals surface area contributed by atoms with Gasteiger partial charge in [-0.15, -0.1) is 0 Å². The number of rotatable bonds is 2.